The van der Waals surface area contributed by atoms with Gasteiger partial charge in [0.1, 0.15) is 11.9 Å². The summed E-state index contributed by atoms with van der Waals surface area (Å²) in [6.07, 6.45) is -5.43. The van der Waals surface area contributed by atoms with Gasteiger partial charge in [0, 0.05) is 24.2 Å². The third-order valence-corrected chi connectivity index (χ3v) is 3.70. The molecule has 13 heteroatoms. The van der Waals surface area contributed by atoms with E-state index in [9.17, 15) is 24.5 Å². The van der Waals surface area contributed by atoms with Gasteiger partial charge in [-0.05, 0) is 11.6 Å². The summed E-state index contributed by atoms with van der Waals surface area (Å²) >= 11 is 0. The lowest BCUT2D eigenvalue weighted by molar-refractivity contribution is -0.124. The molecule has 1 fully saturated rings. The van der Waals surface area contributed by atoms with Crippen LogP contribution in [0.25, 0.3) is 10.4 Å². The van der Waals surface area contributed by atoms with Gasteiger partial charge in [-0.15, -0.1) is 0 Å². The highest BCUT2D eigenvalue weighted by atomic mass is 19.1. The molecule has 138 valence electrons. The van der Waals surface area contributed by atoms with Crippen molar-refractivity contribution in [1.82, 2.24) is 9.55 Å². The van der Waals surface area contributed by atoms with E-state index in [1.165, 1.54) is 6.07 Å². The molecule has 1 aliphatic rings. The maximum absolute atomic E-state index is 14.3. The standard InChI is InChI=1S/C12H18FN7O5/c13-8-9(23)12(5-21,18-19-15)25-10(8)20-2-1-7(17-11(20)24)16-4-6(22)3-14/h1-2,6,8-10,21-23H,3-5,14H2,(H,16,17,24)/t6?,8-,9?,10+,12+/m0/s1. The average Bonchev–Trinajstić information content (AvgIpc) is 2.85. The minimum Gasteiger partial charge on any atom is -0.393 e. The molecule has 1 aliphatic heterocycles. The van der Waals surface area contributed by atoms with Crippen LogP contribution in [-0.2, 0) is 4.74 Å². The Morgan fingerprint density at radius 2 is 2.40 bits per heavy atom. The molecule has 1 saturated heterocycles. The van der Waals surface area contributed by atoms with Gasteiger partial charge in [0.25, 0.3) is 0 Å². The van der Waals surface area contributed by atoms with Crippen molar-refractivity contribution in [2.45, 2.75) is 30.3 Å². The molecular formula is C12H18FN7O5. The van der Waals surface area contributed by atoms with E-state index < -0.39 is 42.6 Å². The predicted octanol–water partition coefficient (Wildman–Crippen LogP) is -1.80. The van der Waals surface area contributed by atoms with Gasteiger partial charge in [0.2, 0.25) is 5.72 Å². The smallest absolute Gasteiger partial charge is 0.351 e. The number of aromatic nitrogens is 2. The molecule has 5 atom stereocenters. The van der Waals surface area contributed by atoms with Crippen LogP contribution in [0.3, 0.4) is 0 Å². The van der Waals surface area contributed by atoms with Crippen molar-refractivity contribution in [2.75, 3.05) is 25.0 Å². The van der Waals surface area contributed by atoms with Gasteiger partial charge in [-0.3, -0.25) is 4.57 Å². The minimum atomic E-state index is -2.24. The predicted molar refractivity (Wildman–Crippen MR) is 82.0 cm³/mol. The Morgan fingerprint density at radius 3 is 2.96 bits per heavy atom. The number of hydrogen-bond acceptors (Lipinski definition) is 9. The number of anilines is 1. The largest absolute Gasteiger partial charge is 0.393 e. The molecule has 1 aromatic heterocycles. The van der Waals surface area contributed by atoms with Crippen molar-refractivity contribution in [2.24, 2.45) is 10.8 Å². The van der Waals surface area contributed by atoms with Crippen molar-refractivity contribution in [3.8, 4) is 0 Å². The van der Waals surface area contributed by atoms with Gasteiger partial charge in [-0.25, -0.2) is 9.18 Å². The second-order valence-corrected chi connectivity index (χ2v) is 5.36. The van der Waals surface area contributed by atoms with Gasteiger partial charge in [0.05, 0.1) is 12.7 Å². The van der Waals surface area contributed by atoms with Crippen LogP contribution >= 0.6 is 0 Å². The molecule has 1 aromatic rings. The second kappa shape index (κ2) is 7.74. The number of nitrogens with zero attached hydrogens (tertiary/aromatic N) is 5. The highest BCUT2D eigenvalue weighted by Gasteiger charge is 2.56. The first-order valence-electron chi connectivity index (χ1n) is 7.26. The van der Waals surface area contributed by atoms with Crippen molar-refractivity contribution in [1.29, 1.82) is 0 Å². The molecule has 12 nitrogen and oxygen atoms in total. The zero-order chi connectivity index (χ0) is 18.6. The lowest BCUT2D eigenvalue weighted by atomic mass is 10.1. The monoisotopic (exact) mass is 359 g/mol. The van der Waals surface area contributed by atoms with Gasteiger partial charge in [0.15, 0.2) is 12.4 Å². The summed E-state index contributed by atoms with van der Waals surface area (Å²) in [4.78, 5) is 18.2. The summed E-state index contributed by atoms with van der Waals surface area (Å²) < 4.78 is 20.2. The SMILES string of the molecule is [N-]=[N+]=N[C@]1(CO)O[C@@H](n2ccc(NCC(O)CN)nc2=O)[C@@H](F)C1O. The molecule has 2 rings (SSSR count). The first-order chi connectivity index (χ1) is 11.9. The van der Waals surface area contributed by atoms with E-state index in [1.807, 2.05) is 0 Å². The molecule has 0 spiro atoms. The zero-order valence-corrected chi connectivity index (χ0v) is 12.9. The average molecular weight is 359 g/mol. The molecule has 2 unspecified atom stereocenters. The Labute approximate surface area is 140 Å². The Kier molecular flexibility index (Phi) is 5.89. The summed E-state index contributed by atoms with van der Waals surface area (Å²) in [5, 5.41) is 34.3. The fraction of sp³-hybridized carbons (Fsp3) is 0.667. The minimum absolute atomic E-state index is 0.0179. The molecule has 0 aromatic carbocycles. The molecule has 2 heterocycles. The van der Waals surface area contributed by atoms with E-state index in [-0.39, 0.29) is 18.9 Å². The van der Waals surface area contributed by atoms with E-state index in [4.69, 9.17) is 16.0 Å². The lowest BCUT2D eigenvalue weighted by Crippen LogP contribution is -2.43. The number of azide groups is 1. The number of aliphatic hydroxyl groups is 3. The van der Waals surface area contributed by atoms with Gasteiger partial charge in [-0.1, -0.05) is 5.11 Å². The van der Waals surface area contributed by atoms with E-state index in [1.54, 1.807) is 0 Å². The van der Waals surface area contributed by atoms with Crippen molar-refractivity contribution < 1.29 is 24.4 Å². The first-order valence-corrected chi connectivity index (χ1v) is 7.26. The summed E-state index contributed by atoms with van der Waals surface area (Å²) in [7, 11) is 0. The quantitative estimate of drug-likeness (QED) is 0.214. The molecular weight excluding hydrogens is 341 g/mol. The summed E-state index contributed by atoms with van der Waals surface area (Å²) in [6, 6.07) is 1.32. The fourth-order valence-electron chi connectivity index (χ4n) is 2.29. The van der Waals surface area contributed by atoms with Crippen molar-refractivity contribution in [3.05, 3.63) is 33.2 Å². The number of nitrogens with one attached hydrogen (secondary N) is 1. The maximum atomic E-state index is 14.3. The Balaban J connectivity index is 2.24. The van der Waals surface area contributed by atoms with Crippen LogP contribution in [0.5, 0.6) is 0 Å². The normalized spacial score (nSPS) is 29.9. The summed E-state index contributed by atoms with van der Waals surface area (Å²) in [5.41, 5.74) is 10.6. The van der Waals surface area contributed by atoms with Crippen LogP contribution in [0.4, 0.5) is 10.2 Å². The summed E-state index contributed by atoms with van der Waals surface area (Å²) in [5.74, 6) is 0.117. The van der Waals surface area contributed by atoms with Crippen LogP contribution in [0.1, 0.15) is 6.23 Å². The second-order valence-electron chi connectivity index (χ2n) is 5.36. The third kappa shape index (κ3) is 3.71. The number of halogens is 1. The Hall–Kier alpha value is -2.28. The van der Waals surface area contributed by atoms with Crippen LogP contribution in [-0.4, -0.2) is 68.7 Å². The van der Waals surface area contributed by atoms with Crippen LogP contribution in [0.2, 0.25) is 0 Å². The van der Waals surface area contributed by atoms with E-state index in [2.05, 4.69) is 20.3 Å². The van der Waals surface area contributed by atoms with Crippen LogP contribution in [0, 0.1) is 0 Å². The molecule has 0 aliphatic carbocycles. The van der Waals surface area contributed by atoms with Crippen LogP contribution in [0.15, 0.2) is 22.2 Å². The van der Waals surface area contributed by atoms with E-state index in [0.717, 1.165) is 10.8 Å². The highest BCUT2D eigenvalue weighted by molar-refractivity contribution is 5.32. The molecule has 0 radical (unpaired) electrons. The Bertz CT molecular complexity index is 711. The van der Waals surface area contributed by atoms with Gasteiger partial charge < -0.3 is 31.1 Å². The number of nitrogens with two attached hydrogens (primary N) is 1. The molecule has 0 bridgehead atoms. The maximum Gasteiger partial charge on any atom is 0.351 e. The Morgan fingerprint density at radius 1 is 1.68 bits per heavy atom. The fourth-order valence-corrected chi connectivity index (χ4v) is 2.29. The lowest BCUT2D eigenvalue weighted by Gasteiger charge is -2.23. The molecule has 0 saturated carbocycles. The first kappa shape index (κ1) is 19.1. The van der Waals surface area contributed by atoms with Gasteiger partial charge >= 0.3 is 5.69 Å². The van der Waals surface area contributed by atoms with Crippen molar-refractivity contribution >= 4 is 5.82 Å². The van der Waals surface area contributed by atoms with Crippen molar-refractivity contribution in [3.63, 3.8) is 0 Å². The summed E-state index contributed by atoms with van der Waals surface area (Å²) in [6.45, 7) is -0.903. The number of ether oxygens (including phenoxy) is 1. The number of rotatable bonds is 7. The van der Waals surface area contributed by atoms with Crippen LogP contribution < -0.4 is 16.7 Å². The molecule has 25 heavy (non-hydrogen) atoms. The number of alkyl halides is 1. The van der Waals surface area contributed by atoms with E-state index in [0.29, 0.717) is 0 Å². The number of hydrogen-bond donors (Lipinski definition) is 5. The van der Waals surface area contributed by atoms with Gasteiger partial charge in [-0.2, -0.15) is 4.98 Å². The zero-order valence-electron chi connectivity index (χ0n) is 12.9. The molecule has 6 N–H and O–H groups in total. The molecule has 0 amide bonds. The highest BCUT2D eigenvalue weighted by Crippen LogP contribution is 2.39. The van der Waals surface area contributed by atoms with E-state index >= 15 is 0 Å². The third-order valence-electron chi connectivity index (χ3n) is 3.70. The number of aliphatic hydroxyl groups excluding tert-OH is 3. The topological polar surface area (TPSA) is 192 Å².